The van der Waals surface area contributed by atoms with Crippen molar-refractivity contribution in [3.8, 4) is 39.9 Å². The summed E-state index contributed by atoms with van der Waals surface area (Å²) in [6.45, 7) is 0. The van der Waals surface area contributed by atoms with Crippen LogP contribution >= 0.6 is 0 Å². The van der Waals surface area contributed by atoms with Gasteiger partial charge in [-0.05, 0) is 48.0 Å². The summed E-state index contributed by atoms with van der Waals surface area (Å²) in [4.78, 5) is 17.4. The molecular weight excluding hydrogens is 635 g/mol. The zero-order valence-corrected chi connectivity index (χ0v) is 28.1. The molecule has 5 heteroatoms. The Morgan fingerprint density at radius 1 is 0.385 bits per heavy atom. The molecule has 0 radical (unpaired) electrons. The fraction of sp³-hybridized carbons (Fsp3) is 0. The second kappa shape index (κ2) is 12.3. The van der Waals surface area contributed by atoms with E-state index in [4.69, 9.17) is 15.0 Å². The average molecular weight is 666 g/mol. The molecule has 0 N–H and O–H groups in total. The zero-order chi connectivity index (χ0) is 34.4. The largest absolute Gasteiger partial charge is 0.309 e. The number of anilines is 3. The van der Waals surface area contributed by atoms with Crippen molar-refractivity contribution in [3.63, 3.8) is 0 Å². The molecule has 0 aliphatic carbocycles. The predicted octanol–water partition coefficient (Wildman–Crippen LogP) is 11.9. The molecule has 244 valence electrons. The number of rotatable bonds is 5. The van der Waals surface area contributed by atoms with Gasteiger partial charge in [0.1, 0.15) is 0 Å². The zero-order valence-electron chi connectivity index (χ0n) is 28.1. The molecular formula is C47H31N5. The third kappa shape index (κ3) is 4.98. The molecule has 0 saturated carbocycles. The predicted molar refractivity (Wildman–Crippen MR) is 214 cm³/mol. The molecule has 0 atom stereocenters. The normalized spacial score (nSPS) is 12.1. The van der Waals surface area contributed by atoms with Crippen molar-refractivity contribution >= 4 is 51.0 Å². The Morgan fingerprint density at radius 2 is 0.962 bits per heavy atom. The molecule has 0 spiro atoms. The monoisotopic (exact) mass is 665 g/mol. The Bertz CT molecular complexity index is 2730. The highest BCUT2D eigenvalue weighted by Gasteiger charge is 2.24. The van der Waals surface area contributed by atoms with Crippen molar-refractivity contribution < 1.29 is 0 Å². The minimum atomic E-state index is 0.625. The first-order chi connectivity index (χ1) is 25.8. The first-order valence-corrected chi connectivity index (χ1v) is 17.5. The Hall–Kier alpha value is -7.11. The van der Waals surface area contributed by atoms with Crippen LogP contribution in [-0.4, -0.2) is 19.5 Å². The summed E-state index contributed by atoms with van der Waals surface area (Å²) in [6.07, 6.45) is 4.53. The summed E-state index contributed by atoms with van der Waals surface area (Å²) in [6, 6.07) is 61.2. The number of para-hydroxylation sites is 3. The van der Waals surface area contributed by atoms with Gasteiger partial charge in [-0.1, -0.05) is 146 Å². The van der Waals surface area contributed by atoms with Gasteiger partial charge in [-0.15, -0.1) is 0 Å². The molecule has 9 aromatic rings. The lowest BCUT2D eigenvalue weighted by atomic mass is 10.0. The smallest absolute Gasteiger partial charge is 0.164 e. The van der Waals surface area contributed by atoms with Gasteiger partial charge in [0.25, 0.3) is 0 Å². The molecule has 1 aliphatic heterocycles. The molecule has 0 unspecified atom stereocenters. The van der Waals surface area contributed by atoms with E-state index < -0.39 is 0 Å². The van der Waals surface area contributed by atoms with Gasteiger partial charge in [-0.2, -0.15) is 0 Å². The third-order valence-electron chi connectivity index (χ3n) is 9.78. The van der Waals surface area contributed by atoms with Gasteiger partial charge in [0, 0.05) is 44.4 Å². The summed E-state index contributed by atoms with van der Waals surface area (Å²) in [7, 11) is 0. The third-order valence-corrected chi connectivity index (χ3v) is 9.78. The fourth-order valence-electron chi connectivity index (χ4n) is 7.41. The van der Waals surface area contributed by atoms with Gasteiger partial charge >= 0.3 is 0 Å². The Morgan fingerprint density at radius 3 is 1.69 bits per heavy atom. The minimum Gasteiger partial charge on any atom is -0.309 e. The van der Waals surface area contributed by atoms with E-state index in [0.29, 0.717) is 17.5 Å². The molecule has 1 aliphatic rings. The summed E-state index contributed by atoms with van der Waals surface area (Å²) in [5.74, 6) is 1.91. The van der Waals surface area contributed by atoms with E-state index in [2.05, 4.69) is 137 Å². The summed E-state index contributed by atoms with van der Waals surface area (Å²) in [5.41, 5.74) is 11.8. The van der Waals surface area contributed by atoms with Gasteiger partial charge in [-0.25, -0.2) is 15.0 Å². The van der Waals surface area contributed by atoms with E-state index in [1.807, 2.05) is 60.7 Å². The summed E-state index contributed by atoms with van der Waals surface area (Å²) < 4.78 is 2.40. The van der Waals surface area contributed by atoms with E-state index in [1.165, 1.54) is 16.3 Å². The number of fused-ring (bicyclic) bond motifs is 6. The van der Waals surface area contributed by atoms with Crippen LogP contribution in [0.4, 0.5) is 17.1 Å². The van der Waals surface area contributed by atoms with Crippen molar-refractivity contribution in [3.05, 3.63) is 187 Å². The topological polar surface area (TPSA) is 46.8 Å². The van der Waals surface area contributed by atoms with Gasteiger partial charge in [0.2, 0.25) is 0 Å². The molecule has 7 aromatic carbocycles. The second-order valence-corrected chi connectivity index (χ2v) is 12.9. The molecule has 0 amide bonds. The van der Waals surface area contributed by atoms with Crippen LogP contribution < -0.4 is 4.90 Å². The number of hydrogen-bond acceptors (Lipinski definition) is 4. The first-order valence-electron chi connectivity index (χ1n) is 17.5. The lowest BCUT2D eigenvalue weighted by Crippen LogP contribution is -2.12. The summed E-state index contributed by atoms with van der Waals surface area (Å²) in [5, 5.41) is 2.39. The van der Waals surface area contributed by atoms with E-state index in [1.54, 1.807) is 0 Å². The highest BCUT2D eigenvalue weighted by atomic mass is 15.2. The lowest BCUT2D eigenvalue weighted by molar-refractivity contribution is 1.07. The standard InChI is InChI=1S/C47H31N5/c1-4-16-33(17-5-1)45-48-46(34-18-6-2-7-19-34)50-47(49-45)35-20-14-23-37(31-35)52-42-26-13-11-24-38(42)39-29-30-43-40(44(39)52)28-27-32-15-10-12-25-41(32)51(43)36-21-8-3-9-22-36/h1-31H. The molecule has 0 saturated heterocycles. The van der Waals surface area contributed by atoms with E-state index in [9.17, 15) is 0 Å². The van der Waals surface area contributed by atoms with Crippen LogP contribution in [0.5, 0.6) is 0 Å². The minimum absolute atomic E-state index is 0.625. The highest BCUT2D eigenvalue weighted by molar-refractivity contribution is 6.15. The van der Waals surface area contributed by atoms with Gasteiger partial charge in [-0.3, -0.25) is 0 Å². The Kier molecular flexibility index (Phi) is 7.07. The van der Waals surface area contributed by atoms with Crippen LogP contribution in [0.25, 0.3) is 73.8 Å². The van der Waals surface area contributed by atoms with Crippen molar-refractivity contribution in [1.29, 1.82) is 0 Å². The maximum absolute atomic E-state index is 5.05. The number of benzene rings is 7. The van der Waals surface area contributed by atoms with Crippen LogP contribution in [0.15, 0.2) is 176 Å². The first kappa shape index (κ1) is 29.8. The number of nitrogens with zero attached hydrogens (tertiary/aromatic N) is 5. The molecule has 52 heavy (non-hydrogen) atoms. The fourth-order valence-corrected chi connectivity index (χ4v) is 7.41. The highest BCUT2D eigenvalue weighted by Crippen LogP contribution is 2.46. The van der Waals surface area contributed by atoms with E-state index in [0.717, 1.165) is 56.0 Å². The SMILES string of the molecule is C1=Cc2c(ccc3c4ccccc4n(-c4cccc(-c5nc(-c6ccccc6)nc(-c6ccccc6)n5)c4)c23)N(c2ccccc2)c2ccccc21. The van der Waals surface area contributed by atoms with Crippen molar-refractivity contribution in [2.24, 2.45) is 0 Å². The summed E-state index contributed by atoms with van der Waals surface area (Å²) >= 11 is 0. The molecule has 5 nitrogen and oxygen atoms in total. The van der Waals surface area contributed by atoms with Crippen LogP contribution in [0.3, 0.4) is 0 Å². The van der Waals surface area contributed by atoms with Crippen molar-refractivity contribution in [1.82, 2.24) is 19.5 Å². The van der Waals surface area contributed by atoms with Gasteiger partial charge < -0.3 is 9.47 Å². The Balaban J connectivity index is 1.22. The van der Waals surface area contributed by atoms with Crippen molar-refractivity contribution in [2.75, 3.05) is 4.90 Å². The van der Waals surface area contributed by atoms with Crippen LogP contribution in [0.2, 0.25) is 0 Å². The molecule has 2 aromatic heterocycles. The van der Waals surface area contributed by atoms with Crippen LogP contribution in [-0.2, 0) is 0 Å². The van der Waals surface area contributed by atoms with Crippen LogP contribution in [0, 0.1) is 0 Å². The second-order valence-electron chi connectivity index (χ2n) is 12.9. The average Bonchev–Trinajstić information content (AvgIpc) is 3.46. The van der Waals surface area contributed by atoms with Gasteiger partial charge in [0.05, 0.1) is 22.4 Å². The number of hydrogen-bond donors (Lipinski definition) is 0. The lowest BCUT2D eigenvalue weighted by Gasteiger charge is -2.27. The molecule has 3 heterocycles. The van der Waals surface area contributed by atoms with Crippen LogP contribution in [0.1, 0.15) is 11.1 Å². The van der Waals surface area contributed by atoms with Gasteiger partial charge in [0.15, 0.2) is 17.5 Å². The van der Waals surface area contributed by atoms with E-state index in [-0.39, 0.29) is 0 Å². The molecule has 0 bridgehead atoms. The maximum Gasteiger partial charge on any atom is 0.164 e. The quantitative estimate of drug-likeness (QED) is 0.184. The number of aromatic nitrogens is 4. The van der Waals surface area contributed by atoms with E-state index >= 15 is 0 Å². The molecule has 10 rings (SSSR count). The molecule has 0 fully saturated rings. The maximum atomic E-state index is 5.05. The Labute approximate surface area is 301 Å². The van der Waals surface area contributed by atoms with Crippen molar-refractivity contribution in [2.45, 2.75) is 0 Å².